The SMILES string of the molecule is NCCCC[C@@H](N)C(=O)N[C@@H](Cc1cnc[nH]1)C(=O)N[C@@H](Cc1ccc(O)cc1)C(=O)N[C@H](Cc1ccccc1)C(=O)N[C@@H](CO)C(=O)N[C@@H](Cc1ccc(O)cc1)C(=O)N[C@@H](CCCN=C(N)N)C(N)=O. The third-order valence-electron chi connectivity index (χ3n) is 11.3. The summed E-state index contributed by atoms with van der Waals surface area (Å²) in [4.78, 5) is 107. The number of rotatable bonds is 30. The number of hydrogen-bond donors (Lipinski definition) is 15. The van der Waals surface area contributed by atoms with Gasteiger partial charge in [0.2, 0.25) is 41.4 Å². The number of primary amides is 1. The molecule has 0 aliphatic heterocycles. The summed E-state index contributed by atoms with van der Waals surface area (Å²) >= 11 is 0. The molecule has 7 amide bonds. The van der Waals surface area contributed by atoms with Gasteiger partial charge in [-0.15, -0.1) is 0 Å². The fourth-order valence-corrected chi connectivity index (χ4v) is 7.30. The van der Waals surface area contributed by atoms with Crippen molar-refractivity contribution >= 4 is 47.3 Å². The summed E-state index contributed by atoms with van der Waals surface area (Å²) in [5.41, 5.74) is 30.1. The van der Waals surface area contributed by atoms with Crippen molar-refractivity contribution in [2.45, 2.75) is 100 Å². The Hall–Kier alpha value is -8.09. The monoisotopic (exact) mass is 999 g/mol. The Morgan fingerprint density at radius 2 is 1.00 bits per heavy atom. The number of nitrogens with two attached hydrogens (primary N) is 5. The average molecular weight is 999 g/mol. The largest absolute Gasteiger partial charge is 0.508 e. The van der Waals surface area contributed by atoms with Crippen LogP contribution in [0, 0.1) is 0 Å². The quantitative estimate of drug-likeness (QED) is 0.0141. The third-order valence-corrected chi connectivity index (χ3v) is 11.3. The van der Waals surface area contributed by atoms with Crippen molar-refractivity contribution in [3.05, 3.63) is 114 Å². The molecule has 4 aromatic rings. The summed E-state index contributed by atoms with van der Waals surface area (Å²) in [7, 11) is 0. The van der Waals surface area contributed by atoms with Gasteiger partial charge in [0.25, 0.3) is 0 Å². The summed E-state index contributed by atoms with van der Waals surface area (Å²) in [6.07, 6.45) is 4.07. The molecule has 0 unspecified atom stereocenters. The number of nitrogens with one attached hydrogen (secondary N) is 7. The number of carbonyl (C=O) groups excluding carboxylic acids is 7. The van der Waals surface area contributed by atoms with E-state index in [1.54, 1.807) is 30.3 Å². The van der Waals surface area contributed by atoms with Crippen molar-refractivity contribution in [3.8, 4) is 11.5 Å². The highest BCUT2D eigenvalue weighted by Gasteiger charge is 2.34. The van der Waals surface area contributed by atoms with Crippen LogP contribution in [-0.2, 0) is 59.2 Å². The number of aromatic amines is 1. The van der Waals surface area contributed by atoms with Crippen LogP contribution in [0.4, 0.5) is 0 Å². The smallest absolute Gasteiger partial charge is 0.245 e. The molecule has 0 spiro atoms. The topological polar surface area (TPSA) is 423 Å². The van der Waals surface area contributed by atoms with Crippen molar-refractivity contribution in [1.29, 1.82) is 0 Å². The highest BCUT2D eigenvalue weighted by molar-refractivity contribution is 5.97. The Labute approximate surface area is 415 Å². The first kappa shape index (κ1) is 56.5. The molecule has 4 rings (SSSR count). The van der Waals surface area contributed by atoms with Crippen molar-refractivity contribution in [2.75, 3.05) is 19.7 Å². The maximum absolute atomic E-state index is 14.5. The zero-order valence-corrected chi connectivity index (χ0v) is 39.7. The number of carbonyl (C=O) groups is 7. The molecule has 0 saturated heterocycles. The number of aromatic hydroxyl groups is 2. The van der Waals surface area contributed by atoms with Crippen LogP contribution in [0.5, 0.6) is 11.5 Å². The van der Waals surface area contributed by atoms with Gasteiger partial charge in [-0.2, -0.15) is 0 Å². The van der Waals surface area contributed by atoms with Crippen molar-refractivity contribution < 1.29 is 48.9 Å². The normalized spacial score (nSPS) is 13.9. The van der Waals surface area contributed by atoms with Gasteiger partial charge in [-0.25, -0.2) is 4.98 Å². The number of aliphatic hydroxyl groups excluding tert-OH is 1. The molecule has 1 heterocycles. The van der Waals surface area contributed by atoms with E-state index in [2.05, 4.69) is 46.9 Å². The second-order valence-corrected chi connectivity index (χ2v) is 17.0. The Morgan fingerprint density at radius 1 is 0.556 bits per heavy atom. The number of guanidine groups is 1. The summed E-state index contributed by atoms with van der Waals surface area (Å²) in [5, 5.41) is 45.9. The number of benzene rings is 3. The minimum atomic E-state index is -1.71. The summed E-state index contributed by atoms with van der Waals surface area (Å²) in [5.74, 6) is -6.27. The Bertz CT molecular complexity index is 2400. The van der Waals surface area contributed by atoms with E-state index in [1.165, 1.54) is 61.1 Å². The predicted molar refractivity (Wildman–Crippen MR) is 265 cm³/mol. The van der Waals surface area contributed by atoms with E-state index in [4.69, 9.17) is 28.7 Å². The molecule has 0 aliphatic carbocycles. The third kappa shape index (κ3) is 19.4. The van der Waals surface area contributed by atoms with Gasteiger partial charge < -0.3 is 80.9 Å². The molecule has 20 N–H and O–H groups in total. The number of imidazole rings is 1. The van der Waals surface area contributed by atoms with Gasteiger partial charge in [-0.1, -0.05) is 61.0 Å². The molecule has 72 heavy (non-hydrogen) atoms. The van der Waals surface area contributed by atoms with Crippen molar-refractivity contribution in [3.63, 3.8) is 0 Å². The van der Waals surface area contributed by atoms with E-state index in [9.17, 15) is 48.9 Å². The second-order valence-electron chi connectivity index (χ2n) is 17.0. The zero-order chi connectivity index (χ0) is 52.6. The van der Waals surface area contributed by atoms with Crippen LogP contribution >= 0.6 is 0 Å². The van der Waals surface area contributed by atoms with E-state index in [0.29, 0.717) is 48.2 Å². The lowest BCUT2D eigenvalue weighted by Gasteiger charge is -2.27. The lowest BCUT2D eigenvalue weighted by atomic mass is 10.0. The molecular formula is C48H66N14O10. The molecule has 0 radical (unpaired) electrons. The molecule has 0 fully saturated rings. The number of H-pyrrole nitrogens is 1. The van der Waals surface area contributed by atoms with Crippen LogP contribution < -0.4 is 60.6 Å². The molecule has 7 atom stereocenters. The van der Waals surface area contributed by atoms with Gasteiger partial charge in [-0.05, 0) is 73.2 Å². The minimum absolute atomic E-state index is 0.0358. The first-order valence-corrected chi connectivity index (χ1v) is 23.3. The van der Waals surface area contributed by atoms with Crippen LogP contribution in [0.15, 0.2) is 96.4 Å². The Kier molecular flexibility index (Phi) is 22.9. The Balaban J connectivity index is 1.60. The van der Waals surface area contributed by atoms with E-state index < -0.39 is 90.3 Å². The van der Waals surface area contributed by atoms with Crippen LogP contribution in [0.1, 0.15) is 54.5 Å². The number of aliphatic hydroxyl groups is 1. The first-order chi connectivity index (χ1) is 34.5. The van der Waals surface area contributed by atoms with Crippen LogP contribution in [0.3, 0.4) is 0 Å². The predicted octanol–water partition coefficient (Wildman–Crippen LogP) is -3.01. The fourth-order valence-electron chi connectivity index (χ4n) is 7.30. The lowest BCUT2D eigenvalue weighted by molar-refractivity contribution is -0.136. The van der Waals surface area contributed by atoms with E-state index >= 15 is 0 Å². The molecule has 388 valence electrons. The van der Waals surface area contributed by atoms with Crippen molar-refractivity contribution in [2.24, 2.45) is 33.7 Å². The van der Waals surface area contributed by atoms with E-state index in [1.807, 2.05) is 0 Å². The molecule has 0 saturated carbocycles. The lowest BCUT2D eigenvalue weighted by Crippen LogP contribution is -2.61. The average Bonchev–Trinajstić information content (AvgIpc) is 3.87. The number of aromatic nitrogens is 2. The van der Waals surface area contributed by atoms with Crippen molar-refractivity contribution in [1.82, 2.24) is 41.9 Å². The summed E-state index contributed by atoms with van der Waals surface area (Å²) in [6, 6.07) is 10.6. The van der Waals surface area contributed by atoms with Gasteiger partial charge in [0, 0.05) is 44.1 Å². The number of unbranched alkanes of at least 4 members (excludes halogenated alkanes) is 1. The maximum atomic E-state index is 14.5. The number of phenols is 2. The van der Waals surface area contributed by atoms with E-state index in [-0.39, 0.29) is 62.5 Å². The van der Waals surface area contributed by atoms with E-state index in [0.717, 1.165) is 0 Å². The molecule has 0 bridgehead atoms. The number of nitrogens with zero attached hydrogens (tertiary/aromatic N) is 2. The summed E-state index contributed by atoms with van der Waals surface area (Å²) < 4.78 is 0. The standard InChI is InChI=1S/C48H66N14O10/c49-19-5-4-9-34(50)42(67)58-39(24-31-25-54-27-56-31)46(71)60-38(23-30-13-17-33(65)18-14-30)44(69)59-36(21-28-7-2-1-3-8-28)45(70)62-40(26-63)47(72)61-37(22-29-11-15-32(64)16-12-29)43(68)57-35(41(51)66)10-6-20-55-48(52)53/h1-3,7-8,11-18,25,27,34-40,63-65H,4-6,9-10,19-24,26,49-50H2,(H2,51,66)(H,54,56)(H,57,68)(H,58,67)(H,59,69)(H,60,71)(H,61,72)(H,62,70)(H4,52,53,55)/t34-,35+,36-,37+,38+,39+,40+/m1/s1. The second kappa shape index (κ2) is 29.2. The van der Waals surface area contributed by atoms with Gasteiger partial charge in [0.05, 0.1) is 19.0 Å². The van der Waals surface area contributed by atoms with Crippen LogP contribution in [0.2, 0.25) is 0 Å². The molecule has 24 heteroatoms. The van der Waals surface area contributed by atoms with Crippen LogP contribution in [-0.4, -0.2) is 135 Å². The first-order valence-electron chi connectivity index (χ1n) is 23.3. The van der Waals surface area contributed by atoms with Gasteiger partial charge in [0.15, 0.2) is 5.96 Å². The number of hydrogen-bond acceptors (Lipinski definition) is 14. The minimum Gasteiger partial charge on any atom is -0.508 e. The molecule has 3 aromatic carbocycles. The molecule has 0 aliphatic rings. The highest BCUT2D eigenvalue weighted by Crippen LogP contribution is 2.15. The fraction of sp³-hybridized carbons (Fsp3) is 0.396. The highest BCUT2D eigenvalue weighted by atomic mass is 16.3. The number of amides is 7. The van der Waals surface area contributed by atoms with Gasteiger partial charge in [0.1, 0.15) is 47.8 Å². The molecule has 24 nitrogen and oxygen atoms in total. The van der Waals surface area contributed by atoms with Gasteiger partial charge in [-0.3, -0.25) is 38.6 Å². The summed E-state index contributed by atoms with van der Waals surface area (Å²) in [6.45, 7) is -0.442. The number of phenolic OH excluding ortho intramolecular Hbond substituents is 2. The maximum Gasteiger partial charge on any atom is 0.245 e. The number of aliphatic imine (C=N–C) groups is 1. The zero-order valence-electron chi connectivity index (χ0n) is 39.7. The molecule has 1 aromatic heterocycles. The van der Waals surface area contributed by atoms with Crippen LogP contribution in [0.25, 0.3) is 0 Å². The Morgan fingerprint density at radius 3 is 1.44 bits per heavy atom. The molecular weight excluding hydrogens is 933 g/mol. The van der Waals surface area contributed by atoms with Gasteiger partial charge >= 0.3 is 0 Å².